The normalized spacial score (nSPS) is 41.2. The van der Waals surface area contributed by atoms with Gasteiger partial charge >= 0.3 is 5.97 Å². The van der Waals surface area contributed by atoms with Gasteiger partial charge in [0.2, 0.25) is 0 Å². The van der Waals surface area contributed by atoms with Crippen molar-refractivity contribution in [3.8, 4) is 0 Å². The number of carbonyl (C=O) groups is 1. The summed E-state index contributed by atoms with van der Waals surface area (Å²) in [5, 5.41) is 22.3. The molecule has 33 heavy (non-hydrogen) atoms. The summed E-state index contributed by atoms with van der Waals surface area (Å²) in [4.78, 5) is 18.9. The quantitative estimate of drug-likeness (QED) is 0.441. The van der Waals surface area contributed by atoms with E-state index in [0.29, 0.717) is 18.3 Å². The molecule has 182 valence electrons. The number of aliphatic imine (C=N–C) groups is 1. The smallest absolute Gasteiger partial charge is 0.334 e. The lowest BCUT2D eigenvalue weighted by Crippen LogP contribution is -2.58. The van der Waals surface area contributed by atoms with Crippen molar-refractivity contribution in [3.05, 3.63) is 23.4 Å². The van der Waals surface area contributed by atoms with Crippen LogP contribution in [0.2, 0.25) is 0 Å². The summed E-state index contributed by atoms with van der Waals surface area (Å²) in [6.07, 6.45) is 14.0. The van der Waals surface area contributed by atoms with Crippen LogP contribution in [0.15, 0.2) is 28.4 Å². The molecule has 0 unspecified atom stereocenters. The monoisotopic (exact) mass is 457 g/mol. The zero-order valence-electron chi connectivity index (χ0n) is 20.1. The van der Waals surface area contributed by atoms with Crippen LogP contribution in [-0.4, -0.2) is 58.9 Å². The van der Waals surface area contributed by atoms with Crippen molar-refractivity contribution in [1.82, 2.24) is 4.90 Å². The number of aliphatic carboxylic acids is 1. The molecule has 5 aliphatic rings. The number of carboxylic acids is 1. The molecule has 7 nitrogen and oxygen atoms in total. The van der Waals surface area contributed by atoms with Gasteiger partial charge in [0.1, 0.15) is 5.60 Å². The Bertz CT molecular complexity index is 907. The number of nitrogens with zero attached hydrogens (tertiary/aromatic N) is 2. The van der Waals surface area contributed by atoms with Crippen molar-refractivity contribution in [1.29, 1.82) is 0 Å². The molecule has 4 aliphatic carbocycles. The fraction of sp³-hybridized carbons (Fsp3) is 0.769. The van der Waals surface area contributed by atoms with Gasteiger partial charge in [-0.25, -0.2) is 4.79 Å². The number of rotatable bonds is 4. The minimum absolute atomic E-state index is 0.0795. The molecule has 5 atom stereocenters. The van der Waals surface area contributed by atoms with E-state index < -0.39 is 11.6 Å². The number of carboxylic acid groups (broad SMARTS) is 1. The van der Waals surface area contributed by atoms with E-state index >= 15 is 0 Å². The number of nitrogens with two attached hydrogens (primary N) is 1. The van der Waals surface area contributed by atoms with Crippen LogP contribution in [0.4, 0.5) is 0 Å². The zero-order valence-corrected chi connectivity index (χ0v) is 20.1. The van der Waals surface area contributed by atoms with Gasteiger partial charge in [-0.05, 0) is 62.4 Å². The maximum atomic E-state index is 12.7. The van der Waals surface area contributed by atoms with Crippen LogP contribution >= 0.6 is 0 Å². The second kappa shape index (κ2) is 8.12. The van der Waals surface area contributed by atoms with Gasteiger partial charge in [0.25, 0.3) is 0 Å². The number of hydrogen-bond acceptors (Lipinski definition) is 4. The number of hydrogen-bond donors (Lipinski definition) is 3. The lowest BCUT2D eigenvalue weighted by molar-refractivity contribution is -0.140. The van der Waals surface area contributed by atoms with E-state index in [1.165, 1.54) is 6.42 Å². The van der Waals surface area contributed by atoms with Gasteiger partial charge in [0.05, 0.1) is 18.3 Å². The van der Waals surface area contributed by atoms with Crippen LogP contribution in [0.1, 0.15) is 71.1 Å². The molecule has 4 N–H and O–H groups in total. The van der Waals surface area contributed by atoms with Crippen LogP contribution in [-0.2, 0) is 9.53 Å². The van der Waals surface area contributed by atoms with E-state index in [9.17, 15) is 15.0 Å². The third kappa shape index (κ3) is 3.22. The summed E-state index contributed by atoms with van der Waals surface area (Å²) >= 11 is 0. The molecule has 1 heterocycles. The number of ether oxygens (including phenoxy) is 1. The summed E-state index contributed by atoms with van der Waals surface area (Å²) in [5.41, 5.74) is 5.49. The van der Waals surface area contributed by atoms with Gasteiger partial charge in [-0.15, -0.1) is 0 Å². The van der Waals surface area contributed by atoms with E-state index in [-0.39, 0.29) is 35.0 Å². The summed E-state index contributed by atoms with van der Waals surface area (Å²) in [5.74, 6) is 0.179. The molecule has 0 amide bonds. The largest absolute Gasteiger partial charge is 0.478 e. The van der Waals surface area contributed by atoms with Gasteiger partial charge in [-0.3, -0.25) is 4.99 Å². The molecule has 0 saturated heterocycles. The molecule has 0 aromatic heterocycles. The Morgan fingerprint density at radius 3 is 2.73 bits per heavy atom. The Labute approximate surface area is 196 Å². The Balaban J connectivity index is 1.55. The Kier molecular flexibility index (Phi) is 5.64. The lowest BCUT2D eigenvalue weighted by atomic mass is 9.49. The second-order valence-electron chi connectivity index (χ2n) is 11.2. The van der Waals surface area contributed by atoms with Gasteiger partial charge in [0.15, 0.2) is 5.96 Å². The average molecular weight is 458 g/mol. The average Bonchev–Trinajstić information content (AvgIpc) is 3.15. The predicted molar refractivity (Wildman–Crippen MR) is 126 cm³/mol. The molecule has 3 fully saturated rings. The van der Waals surface area contributed by atoms with Crippen LogP contribution in [0.5, 0.6) is 0 Å². The highest BCUT2D eigenvalue weighted by molar-refractivity contribution is 5.92. The summed E-state index contributed by atoms with van der Waals surface area (Å²) in [6, 6.07) is 0. The molecule has 0 aromatic carbocycles. The van der Waals surface area contributed by atoms with E-state index in [4.69, 9.17) is 10.5 Å². The molecule has 2 bridgehead atoms. The first kappa shape index (κ1) is 22.9. The van der Waals surface area contributed by atoms with Crippen LogP contribution in [0.3, 0.4) is 0 Å². The summed E-state index contributed by atoms with van der Waals surface area (Å²) in [6.45, 7) is 3.06. The first-order valence-electron chi connectivity index (χ1n) is 12.7. The molecule has 7 heteroatoms. The Hall–Kier alpha value is -1.86. The van der Waals surface area contributed by atoms with E-state index in [1.807, 2.05) is 11.1 Å². The summed E-state index contributed by atoms with van der Waals surface area (Å²) in [7, 11) is 1.70. The van der Waals surface area contributed by atoms with Crippen molar-refractivity contribution >= 4 is 11.9 Å². The molecule has 3 saturated carbocycles. The molecule has 2 spiro atoms. The van der Waals surface area contributed by atoms with Gasteiger partial charge in [0, 0.05) is 30.6 Å². The van der Waals surface area contributed by atoms with Crippen LogP contribution in [0.25, 0.3) is 0 Å². The highest BCUT2D eigenvalue weighted by Gasteiger charge is 2.73. The first-order valence-corrected chi connectivity index (χ1v) is 12.7. The number of allylic oxidation sites excluding steroid dienone is 2. The van der Waals surface area contributed by atoms with Gasteiger partial charge in [-0.1, -0.05) is 32.3 Å². The third-order valence-electron chi connectivity index (χ3n) is 9.85. The fourth-order valence-electron chi connectivity index (χ4n) is 8.42. The third-order valence-corrected chi connectivity index (χ3v) is 9.85. The highest BCUT2D eigenvalue weighted by Crippen LogP contribution is 2.76. The maximum Gasteiger partial charge on any atom is 0.334 e. The van der Waals surface area contributed by atoms with E-state index in [2.05, 4.69) is 18.0 Å². The Morgan fingerprint density at radius 2 is 2.03 bits per heavy atom. The van der Waals surface area contributed by atoms with Gasteiger partial charge < -0.3 is 25.6 Å². The predicted octanol–water partition coefficient (Wildman–Crippen LogP) is 3.44. The SMILES string of the molecule is CN=C(N)N1C=CC[C@@]2(C1)[C@@H]1CC[C@@H](C)[C@]23C[C@](O)(COC2CCCCC2)C(C(=O)O)=C3C1. The molecular weight excluding hydrogens is 418 g/mol. The molecule has 5 rings (SSSR count). The second-order valence-corrected chi connectivity index (χ2v) is 11.2. The fourth-order valence-corrected chi connectivity index (χ4v) is 8.42. The minimum atomic E-state index is -1.45. The van der Waals surface area contributed by atoms with Crippen LogP contribution < -0.4 is 5.73 Å². The number of guanidine groups is 1. The molecule has 0 aromatic rings. The standard InChI is InChI=1S/C26H39N3O4/c1-17-9-10-18-13-20-21(22(30)31)25(32,16-33-19-7-4-3-5-8-19)14-26(17,20)24(18)11-6-12-29(15-24)23(27)28-2/h6,12,17-19,32H,3-5,7-11,13-16H2,1-2H3,(H2,27,28)(H,30,31)/t17-,18-,24-,25+,26+/m1/s1. The van der Waals surface area contributed by atoms with E-state index in [1.54, 1.807) is 7.05 Å². The molecule has 1 aliphatic heterocycles. The summed E-state index contributed by atoms with van der Waals surface area (Å²) < 4.78 is 6.23. The van der Waals surface area contributed by atoms with E-state index in [0.717, 1.165) is 63.5 Å². The Morgan fingerprint density at radius 1 is 1.27 bits per heavy atom. The van der Waals surface area contributed by atoms with Crippen LogP contribution in [0, 0.1) is 22.7 Å². The maximum absolute atomic E-state index is 12.7. The first-order chi connectivity index (χ1) is 15.8. The lowest BCUT2D eigenvalue weighted by Gasteiger charge is -2.58. The van der Waals surface area contributed by atoms with Crippen molar-refractivity contribution in [3.63, 3.8) is 0 Å². The van der Waals surface area contributed by atoms with Crippen molar-refractivity contribution in [2.45, 2.75) is 82.8 Å². The minimum Gasteiger partial charge on any atom is -0.478 e. The topological polar surface area (TPSA) is 108 Å². The van der Waals surface area contributed by atoms with Gasteiger partial charge in [-0.2, -0.15) is 0 Å². The van der Waals surface area contributed by atoms with Crippen molar-refractivity contribution in [2.24, 2.45) is 33.4 Å². The molecular formula is C26H39N3O4. The molecule has 0 radical (unpaired) electrons. The number of aliphatic hydroxyl groups is 1. The zero-order chi connectivity index (χ0) is 23.4. The van der Waals surface area contributed by atoms with Crippen molar-refractivity contribution < 1.29 is 19.7 Å². The van der Waals surface area contributed by atoms with Crippen molar-refractivity contribution in [2.75, 3.05) is 20.2 Å². The highest BCUT2D eigenvalue weighted by atomic mass is 16.5.